The Morgan fingerprint density at radius 1 is 1.47 bits per heavy atom. The third kappa shape index (κ3) is 1.47. The van der Waals surface area contributed by atoms with Gasteiger partial charge < -0.3 is 14.6 Å². The molecule has 2 rings (SSSR count). The van der Waals surface area contributed by atoms with Gasteiger partial charge >= 0.3 is 5.97 Å². The number of esters is 1. The molecular formula is C11H12O4. The summed E-state index contributed by atoms with van der Waals surface area (Å²) < 4.78 is 10.3. The highest BCUT2D eigenvalue weighted by atomic mass is 16.6. The van der Waals surface area contributed by atoms with Crippen LogP contribution < -0.4 is 0 Å². The Morgan fingerprint density at radius 3 is 2.87 bits per heavy atom. The zero-order valence-electron chi connectivity index (χ0n) is 8.56. The van der Waals surface area contributed by atoms with Crippen molar-refractivity contribution in [3.05, 3.63) is 29.3 Å². The number of cyclic esters (lactones) is 1. The lowest BCUT2D eigenvalue weighted by Crippen LogP contribution is -2.31. The number of ether oxygens (including phenoxy) is 2. The van der Waals surface area contributed by atoms with E-state index in [2.05, 4.69) is 0 Å². The molecule has 1 aliphatic heterocycles. The summed E-state index contributed by atoms with van der Waals surface area (Å²) in [5.41, 5.74) is 0.892. The van der Waals surface area contributed by atoms with Crippen LogP contribution in [0.15, 0.2) is 18.2 Å². The summed E-state index contributed by atoms with van der Waals surface area (Å²) in [7, 11) is 1.55. The second-order valence-corrected chi connectivity index (χ2v) is 3.51. The first-order valence-corrected chi connectivity index (χ1v) is 4.70. The average Bonchev–Trinajstić information content (AvgIpc) is 2.17. The summed E-state index contributed by atoms with van der Waals surface area (Å²) in [4.78, 5) is 11.5. The van der Waals surface area contributed by atoms with Gasteiger partial charge in [0, 0.05) is 12.7 Å². The van der Waals surface area contributed by atoms with Gasteiger partial charge in [0.1, 0.15) is 23.5 Å². The molecule has 4 heteroatoms. The summed E-state index contributed by atoms with van der Waals surface area (Å²) >= 11 is 0. The van der Waals surface area contributed by atoms with Crippen molar-refractivity contribution in [3.8, 4) is 5.75 Å². The maximum absolute atomic E-state index is 11.5. The second kappa shape index (κ2) is 3.55. The molecule has 1 heterocycles. The number of methoxy groups -OCH3 is 1. The summed E-state index contributed by atoms with van der Waals surface area (Å²) in [6.07, 6.45) is -0.651. The zero-order valence-corrected chi connectivity index (χ0v) is 8.56. The summed E-state index contributed by atoms with van der Waals surface area (Å²) in [5.74, 6) is -0.560. The van der Waals surface area contributed by atoms with Gasteiger partial charge in [-0.2, -0.15) is 0 Å². The molecule has 0 spiro atoms. The molecule has 0 unspecified atom stereocenters. The highest BCUT2D eigenvalue weighted by molar-refractivity contribution is 5.95. The van der Waals surface area contributed by atoms with Crippen LogP contribution >= 0.6 is 0 Å². The minimum atomic E-state index is -0.496. The van der Waals surface area contributed by atoms with Crippen molar-refractivity contribution in [2.75, 3.05) is 7.11 Å². The number of carbonyl (C=O) groups is 1. The molecule has 0 fully saturated rings. The summed E-state index contributed by atoms with van der Waals surface area (Å²) in [6.45, 7) is 1.76. The fourth-order valence-electron chi connectivity index (χ4n) is 1.88. The zero-order chi connectivity index (χ0) is 11.0. The number of phenolic OH excluding ortho intramolecular Hbond substituents is 1. The van der Waals surface area contributed by atoms with Crippen LogP contribution in [-0.4, -0.2) is 24.3 Å². The van der Waals surface area contributed by atoms with E-state index in [-0.39, 0.29) is 23.5 Å². The Balaban J connectivity index is 2.58. The molecule has 0 radical (unpaired) electrons. The van der Waals surface area contributed by atoms with E-state index in [4.69, 9.17) is 9.47 Å². The van der Waals surface area contributed by atoms with Gasteiger partial charge in [0.25, 0.3) is 0 Å². The smallest absolute Gasteiger partial charge is 0.342 e. The second-order valence-electron chi connectivity index (χ2n) is 3.51. The molecule has 1 aromatic rings. The van der Waals surface area contributed by atoms with E-state index in [1.54, 1.807) is 26.2 Å². The quantitative estimate of drug-likeness (QED) is 0.713. The van der Waals surface area contributed by atoms with Gasteiger partial charge in [0.15, 0.2) is 0 Å². The van der Waals surface area contributed by atoms with Gasteiger partial charge in [0.05, 0.1) is 0 Å². The fraction of sp³-hybridized carbons (Fsp3) is 0.364. The van der Waals surface area contributed by atoms with Gasteiger partial charge in [-0.05, 0) is 13.0 Å². The highest BCUT2D eigenvalue weighted by Crippen LogP contribution is 2.35. The topological polar surface area (TPSA) is 55.8 Å². The first-order valence-electron chi connectivity index (χ1n) is 4.70. The van der Waals surface area contributed by atoms with E-state index < -0.39 is 5.97 Å². The van der Waals surface area contributed by atoms with Crippen LogP contribution in [0.25, 0.3) is 0 Å². The summed E-state index contributed by atoms with van der Waals surface area (Å²) in [5, 5.41) is 9.57. The Labute approximate surface area is 87.4 Å². The third-order valence-corrected chi connectivity index (χ3v) is 2.56. The number of hydrogen-bond acceptors (Lipinski definition) is 4. The Kier molecular flexibility index (Phi) is 2.36. The van der Waals surface area contributed by atoms with Crippen LogP contribution in [-0.2, 0) is 9.47 Å². The maximum Gasteiger partial charge on any atom is 0.342 e. The Hall–Kier alpha value is -1.55. The highest BCUT2D eigenvalue weighted by Gasteiger charge is 2.34. The predicted octanol–water partition coefficient (Wildman–Crippen LogP) is 1.64. The average molecular weight is 208 g/mol. The number of fused-ring (bicyclic) bond motifs is 1. The van der Waals surface area contributed by atoms with Crippen LogP contribution in [0.3, 0.4) is 0 Å². The lowest BCUT2D eigenvalue weighted by molar-refractivity contribution is -0.0392. The van der Waals surface area contributed by atoms with Crippen LogP contribution in [0, 0.1) is 0 Å². The SMILES string of the molecule is CO[C@H]1c2cccc(O)c2C(=O)O[C@@H]1C. The van der Waals surface area contributed by atoms with Crippen LogP contribution in [0.4, 0.5) is 0 Å². The molecule has 1 N–H and O–H groups in total. The van der Waals surface area contributed by atoms with E-state index in [1.807, 2.05) is 0 Å². The molecule has 0 bridgehead atoms. The minimum Gasteiger partial charge on any atom is -0.507 e. The largest absolute Gasteiger partial charge is 0.507 e. The molecular weight excluding hydrogens is 196 g/mol. The molecule has 4 nitrogen and oxygen atoms in total. The summed E-state index contributed by atoms with van der Waals surface area (Å²) in [6, 6.07) is 4.91. The van der Waals surface area contributed by atoms with Crippen LogP contribution in [0.5, 0.6) is 5.75 Å². The lowest BCUT2D eigenvalue weighted by atomic mass is 9.95. The molecule has 15 heavy (non-hydrogen) atoms. The number of hydrogen-bond donors (Lipinski definition) is 1. The lowest BCUT2D eigenvalue weighted by Gasteiger charge is -2.29. The number of carbonyl (C=O) groups excluding carboxylic acids is 1. The van der Waals surface area contributed by atoms with E-state index in [0.717, 1.165) is 0 Å². The minimum absolute atomic E-state index is 0.0635. The number of phenols is 1. The Bertz CT molecular complexity index is 400. The molecule has 1 aromatic carbocycles. The van der Waals surface area contributed by atoms with Crippen LogP contribution in [0.1, 0.15) is 28.9 Å². The van der Waals surface area contributed by atoms with Crippen molar-refractivity contribution in [2.24, 2.45) is 0 Å². The van der Waals surface area contributed by atoms with Gasteiger partial charge in [-0.25, -0.2) is 4.79 Å². The van der Waals surface area contributed by atoms with Crippen LogP contribution in [0.2, 0.25) is 0 Å². The first kappa shape index (κ1) is 9.98. The number of rotatable bonds is 1. The van der Waals surface area contributed by atoms with Crippen molar-refractivity contribution in [1.82, 2.24) is 0 Å². The standard InChI is InChI=1S/C11H12O4/c1-6-10(14-2)7-4-3-5-8(12)9(7)11(13)15-6/h3-6,10,12H,1-2H3/t6-,10-/m1/s1. The number of aromatic hydroxyl groups is 1. The predicted molar refractivity (Wildman–Crippen MR) is 52.7 cm³/mol. The molecule has 2 atom stereocenters. The van der Waals surface area contributed by atoms with E-state index >= 15 is 0 Å². The molecule has 0 saturated carbocycles. The fourth-order valence-corrected chi connectivity index (χ4v) is 1.88. The van der Waals surface area contributed by atoms with E-state index in [1.165, 1.54) is 6.07 Å². The first-order chi connectivity index (χ1) is 7.15. The van der Waals surface area contributed by atoms with Gasteiger partial charge in [-0.3, -0.25) is 0 Å². The Morgan fingerprint density at radius 2 is 2.20 bits per heavy atom. The van der Waals surface area contributed by atoms with E-state index in [0.29, 0.717) is 5.56 Å². The van der Waals surface area contributed by atoms with Gasteiger partial charge in [-0.1, -0.05) is 12.1 Å². The molecule has 80 valence electrons. The van der Waals surface area contributed by atoms with E-state index in [9.17, 15) is 9.90 Å². The van der Waals surface area contributed by atoms with Crippen molar-refractivity contribution in [1.29, 1.82) is 0 Å². The van der Waals surface area contributed by atoms with Crippen molar-refractivity contribution in [2.45, 2.75) is 19.1 Å². The monoisotopic (exact) mass is 208 g/mol. The van der Waals surface area contributed by atoms with Crippen molar-refractivity contribution >= 4 is 5.97 Å². The van der Waals surface area contributed by atoms with Crippen molar-refractivity contribution in [3.63, 3.8) is 0 Å². The third-order valence-electron chi connectivity index (χ3n) is 2.56. The normalized spacial score (nSPS) is 24.5. The number of benzene rings is 1. The molecule has 0 amide bonds. The molecule has 1 aliphatic rings. The van der Waals surface area contributed by atoms with Gasteiger partial charge in [0.2, 0.25) is 0 Å². The maximum atomic E-state index is 11.5. The molecule has 0 aliphatic carbocycles. The van der Waals surface area contributed by atoms with Crippen molar-refractivity contribution < 1.29 is 19.4 Å². The van der Waals surface area contributed by atoms with Gasteiger partial charge in [-0.15, -0.1) is 0 Å². The molecule has 0 aromatic heterocycles. The molecule has 0 saturated heterocycles.